The Labute approximate surface area is 96.4 Å². The van der Waals surface area contributed by atoms with Gasteiger partial charge in [-0.1, -0.05) is 0 Å². The van der Waals surface area contributed by atoms with Crippen molar-refractivity contribution in [2.24, 2.45) is 0 Å². The third-order valence-corrected chi connectivity index (χ3v) is 1.95. The zero-order valence-corrected chi connectivity index (χ0v) is 10.4. The minimum absolute atomic E-state index is 0.365. The highest BCUT2D eigenvalue weighted by molar-refractivity contribution is 5.67. The summed E-state index contributed by atoms with van der Waals surface area (Å²) >= 11 is 0. The third kappa shape index (κ3) is 4.87. The number of aromatic amines is 1. The van der Waals surface area contributed by atoms with Crippen molar-refractivity contribution in [3.05, 3.63) is 23.5 Å². The molecule has 0 aromatic carbocycles. The highest BCUT2D eigenvalue weighted by Crippen LogP contribution is 2.06. The van der Waals surface area contributed by atoms with Crippen LogP contribution in [0.2, 0.25) is 0 Å². The van der Waals surface area contributed by atoms with Crippen LogP contribution in [-0.4, -0.2) is 23.2 Å². The van der Waals surface area contributed by atoms with Crippen molar-refractivity contribution in [2.75, 3.05) is 6.54 Å². The van der Waals surface area contributed by atoms with Gasteiger partial charge in [0.1, 0.15) is 5.60 Å². The van der Waals surface area contributed by atoms with Gasteiger partial charge in [-0.2, -0.15) is 0 Å². The predicted octanol–water partition coefficient (Wildman–Crippen LogP) is 2.39. The van der Waals surface area contributed by atoms with Crippen LogP contribution in [0.15, 0.2) is 12.3 Å². The van der Waals surface area contributed by atoms with E-state index in [2.05, 4.69) is 16.4 Å². The van der Waals surface area contributed by atoms with Gasteiger partial charge in [0, 0.05) is 24.9 Å². The molecule has 1 aromatic heterocycles. The number of carbonyl (C=O) groups is 1. The molecule has 0 aliphatic rings. The molecule has 4 nitrogen and oxygen atoms in total. The van der Waals surface area contributed by atoms with Gasteiger partial charge in [0.25, 0.3) is 0 Å². The van der Waals surface area contributed by atoms with Gasteiger partial charge in [-0.25, -0.2) is 4.79 Å². The van der Waals surface area contributed by atoms with Crippen LogP contribution in [0.5, 0.6) is 0 Å². The van der Waals surface area contributed by atoms with E-state index in [9.17, 15) is 4.79 Å². The van der Waals surface area contributed by atoms with Crippen molar-refractivity contribution < 1.29 is 9.53 Å². The first kappa shape index (κ1) is 12.6. The molecule has 0 saturated carbocycles. The molecule has 0 saturated heterocycles. The lowest BCUT2D eigenvalue weighted by molar-refractivity contribution is 0.0528. The molecule has 2 N–H and O–H groups in total. The molecule has 0 fully saturated rings. The minimum Gasteiger partial charge on any atom is -0.444 e. The number of H-pyrrole nitrogens is 1. The standard InChI is InChI=1S/C12H20N2O2/c1-9-7-10(14-8-9)5-6-13-11(15)16-12(2,3)4/h7-8,14H,5-6H2,1-4H3,(H,13,15). The smallest absolute Gasteiger partial charge is 0.407 e. The van der Waals surface area contributed by atoms with Crippen LogP contribution in [0.25, 0.3) is 0 Å². The summed E-state index contributed by atoms with van der Waals surface area (Å²) in [6, 6.07) is 2.07. The number of amides is 1. The molecule has 0 unspecified atom stereocenters. The molecular formula is C12H20N2O2. The van der Waals surface area contributed by atoms with Crippen molar-refractivity contribution in [3.8, 4) is 0 Å². The maximum absolute atomic E-state index is 11.3. The van der Waals surface area contributed by atoms with Crippen molar-refractivity contribution in [3.63, 3.8) is 0 Å². The van der Waals surface area contributed by atoms with E-state index in [1.807, 2.05) is 33.9 Å². The summed E-state index contributed by atoms with van der Waals surface area (Å²) in [7, 11) is 0. The van der Waals surface area contributed by atoms with E-state index in [-0.39, 0.29) is 6.09 Å². The summed E-state index contributed by atoms with van der Waals surface area (Å²) in [4.78, 5) is 14.4. The fraction of sp³-hybridized carbons (Fsp3) is 0.583. The van der Waals surface area contributed by atoms with Crippen LogP contribution in [0.3, 0.4) is 0 Å². The number of carbonyl (C=O) groups excluding carboxylic acids is 1. The molecule has 0 atom stereocenters. The second-order valence-electron chi connectivity index (χ2n) is 4.88. The fourth-order valence-electron chi connectivity index (χ4n) is 1.32. The number of alkyl carbamates (subject to hydrolysis) is 1. The number of nitrogens with one attached hydrogen (secondary N) is 2. The Hall–Kier alpha value is -1.45. The predicted molar refractivity (Wildman–Crippen MR) is 63.5 cm³/mol. The van der Waals surface area contributed by atoms with Gasteiger partial charge < -0.3 is 15.0 Å². The second-order valence-corrected chi connectivity index (χ2v) is 4.88. The molecule has 16 heavy (non-hydrogen) atoms. The lowest BCUT2D eigenvalue weighted by atomic mass is 10.2. The van der Waals surface area contributed by atoms with Crippen LogP contribution in [0.1, 0.15) is 32.0 Å². The maximum atomic E-state index is 11.3. The van der Waals surface area contributed by atoms with Crippen LogP contribution in [-0.2, 0) is 11.2 Å². The molecule has 4 heteroatoms. The zero-order chi connectivity index (χ0) is 12.2. The lowest BCUT2D eigenvalue weighted by Crippen LogP contribution is -2.33. The van der Waals surface area contributed by atoms with E-state index in [1.54, 1.807) is 0 Å². The molecule has 1 heterocycles. The topological polar surface area (TPSA) is 54.1 Å². The monoisotopic (exact) mass is 224 g/mol. The first-order valence-corrected chi connectivity index (χ1v) is 5.47. The summed E-state index contributed by atoms with van der Waals surface area (Å²) in [5.74, 6) is 0. The third-order valence-electron chi connectivity index (χ3n) is 1.95. The van der Waals surface area contributed by atoms with Gasteiger partial charge in [0.2, 0.25) is 0 Å². The average molecular weight is 224 g/mol. The second kappa shape index (κ2) is 5.05. The molecule has 0 radical (unpaired) electrons. The Morgan fingerprint density at radius 2 is 2.19 bits per heavy atom. The van der Waals surface area contributed by atoms with E-state index in [0.29, 0.717) is 6.54 Å². The minimum atomic E-state index is -0.437. The Morgan fingerprint density at radius 1 is 1.50 bits per heavy atom. The van der Waals surface area contributed by atoms with E-state index in [4.69, 9.17) is 4.74 Å². The quantitative estimate of drug-likeness (QED) is 0.828. The maximum Gasteiger partial charge on any atom is 0.407 e. The van der Waals surface area contributed by atoms with Gasteiger partial charge in [0.05, 0.1) is 0 Å². The Bertz CT molecular complexity index is 350. The lowest BCUT2D eigenvalue weighted by Gasteiger charge is -2.19. The number of hydrogen-bond donors (Lipinski definition) is 2. The van der Waals surface area contributed by atoms with Gasteiger partial charge in [-0.05, 0) is 39.3 Å². The Balaban J connectivity index is 2.23. The molecule has 0 aliphatic carbocycles. The summed E-state index contributed by atoms with van der Waals surface area (Å²) in [5.41, 5.74) is 1.88. The first-order valence-electron chi connectivity index (χ1n) is 5.47. The summed E-state index contributed by atoms with van der Waals surface area (Å²) in [6.45, 7) is 8.15. The fourth-order valence-corrected chi connectivity index (χ4v) is 1.32. The van der Waals surface area contributed by atoms with E-state index in [1.165, 1.54) is 5.56 Å². The van der Waals surface area contributed by atoms with E-state index in [0.717, 1.165) is 12.1 Å². The number of hydrogen-bond acceptors (Lipinski definition) is 2. The Kier molecular flexibility index (Phi) is 3.99. The summed E-state index contributed by atoms with van der Waals surface area (Å²) < 4.78 is 5.12. The molecule has 0 bridgehead atoms. The number of aromatic nitrogens is 1. The number of ether oxygens (including phenoxy) is 1. The largest absolute Gasteiger partial charge is 0.444 e. The van der Waals surface area contributed by atoms with Gasteiger partial charge in [0.15, 0.2) is 0 Å². The van der Waals surface area contributed by atoms with Gasteiger partial charge >= 0.3 is 6.09 Å². The molecule has 1 aromatic rings. The number of rotatable bonds is 3. The van der Waals surface area contributed by atoms with E-state index < -0.39 is 5.60 Å². The van der Waals surface area contributed by atoms with Crippen molar-refractivity contribution in [2.45, 2.75) is 39.7 Å². The summed E-state index contributed by atoms with van der Waals surface area (Å²) in [5, 5.41) is 2.72. The highest BCUT2D eigenvalue weighted by Gasteiger charge is 2.15. The highest BCUT2D eigenvalue weighted by atomic mass is 16.6. The van der Waals surface area contributed by atoms with Gasteiger partial charge in [-0.15, -0.1) is 0 Å². The van der Waals surface area contributed by atoms with E-state index >= 15 is 0 Å². The molecule has 0 aliphatic heterocycles. The first-order chi connectivity index (χ1) is 7.37. The van der Waals surface area contributed by atoms with Crippen molar-refractivity contribution >= 4 is 6.09 Å². The van der Waals surface area contributed by atoms with Crippen molar-refractivity contribution in [1.29, 1.82) is 0 Å². The Morgan fingerprint density at radius 3 is 2.69 bits per heavy atom. The van der Waals surface area contributed by atoms with Gasteiger partial charge in [-0.3, -0.25) is 0 Å². The van der Waals surface area contributed by atoms with Crippen LogP contribution in [0.4, 0.5) is 4.79 Å². The average Bonchev–Trinajstić information content (AvgIpc) is 2.48. The number of aryl methyl sites for hydroxylation is 1. The van der Waals surface area contributed by atoms with Crippen LogP contribution in [0, 0.1) is 6.92 Å². The van der Waals surface area contributed by atoms with Crippen LogP contribution < -0.4 is 5.32 Å². The normalized spacial score (nSPS) is 11.2. The molecular weight excluding hydrogens is 204 g/mol. The molecule has 90 valence electrons. The summed E-state index contributed by atoms with van der Waals surface area (Å²) in [6.07, 6.45) is 2.37. The SMILES string of the molecule is Cc1c[nH]c(CCNC(=O)OC(C)(C)C)c1. The van der Waals surface area contributed by atoms with Crippen LogP contribution >= 0.6 is 0 Å². The molecule has 0 spiro atoms. The van der Waals surface area contributed by atoms with Crippen molar-refractivity contribution in [1.82, 2.24) is 10.3 Å². The molecule has 1 amide bonds. The molecule has 1 rings (SSSR count). The zero-order valence-electron chi connectivity index (χ0n) is 10.4.